The number of benzene rings is 1. The Morgan fingerprint density at radius 3 is 2.61 bits per heavy atom. The fourth-order valence-corrected chi connectivity index (χ4v) is 6.95. The molecule has 0 radical (unpaired) electrons. The van der Waals surface area contributed by atoms with Gasteiger partial charge in [-0.2, -0.15) is 0 Å². The molecule has 9 nitrogen and oxygen atoms in total. The lowest BCUT2D eigenvalue weighted by Gasteiger charge is -2.27. The maximum atomic E-state index is 13.4. The maximum Gasteiger partial charge on any atom is 0.230 e. The first-order valence-electron chi connectivity index (χ1n) is 10.9. The first-order valence-corrected chi connectivity index (χ1v) is 13.7. The molecular weight excluding hydrogens is 469 g/mol. The van der Waals surface area contributed by atoms with Crippen LogP contribution in [0.1, 0.15) is 13.3 Å². The summed E-state index contributed by atoms with van der Waals surface area (Å²) in [5.74, 6) is 0.182. The number of ether oxygens (including phenoxy) is 1. The Balaban J connectivity index is 1.45. The van der Waals surface area contributed by atoms with Crippen molar-refractivity contribution in [2.24, 2.45) is 0 Å². The number of halogens is 1. The van der Waals surface area contributed by atoms with Crippen LogP contribution in [-0.2, 0) is 25.9 Å². The van der Waals surface area contributed by atoms with Crippen LogP contribution in [-0.4, -0.2) is 89.6 Å². The number of thioether (sulfide) groups is 1. The van der Waals surface area contributed by atoms with Crippen LogP contribution in [0.25, 0.3) is 11.4 Å². The average molecular weight is 498 g/mol. The lowest BCUT2D eigenvalue weighted by Crippen LogP contribution is -2.47. The Hall–Kier alpha value is -2.02. The summed E-state index contributed by atoms with van der Waals surface area (Å²) in [7, 11) is -3.11. The predicted molar refractivity (Wildman–Crippen MR) is 123 cm³/mol. The summed E-state index contributed by atoms with van der Waals surface area (Å²) >= 11 is 1.25. The highest BCUT2D eigenvalue weighted by molar-refractivity contribution is 7.99. The molecule has 180 valence electrons. The standard InChI is InChI=1S/C21H28FN5O4S2/c1-21(6-13-33(29,30)15-21)23-18(28)14-32-20-25-24-19(16-2-4-17(22)5-3-16)27(20)8-7-26-9-11-31-12-10-26/h2-5H,6-15H2,1H3,(H,23,28)/t21-/m0/s1. The molecule has 0 bridgehead atoms. The number of hydrogen-bond donors (Lipinski definition) is 1. The molecule has 0 unspecified atom stereocenters. The predicted octanol–water partition coefficient (Wildman–Crippen LogP) is 1.20. The Bertz CT molecular complexity index is 1090. The smallest absolute Gasteiger partial charge is 0.230 e. The van der Waals surface area contributed by atoms with Gasteiger partial charge in [0.1, 0.15) is 5.82 Å². The molecule has 33 heavy (non-hydrogen) atoms. The molecule has 3 heterocycles. The number of nitrogens with zero attached hydrogens (tertiary/aromatic N) is 4. The van der Waals surface area contributed by atoms with Gasteiger partial charge in [0, 0.05) is 31.7 Å². The summed E-state index contributed by atoms with van der Waals surface area (Å²) in [6.45, 7) is 6.23. The second kappa shape index (κ2) is 10.1. The lowest BCUT2D eigenvalue weighted by molar-refractivity contribution is -0.120. The van der Waals surface area contributed by atoms with Gasteiger partial charge in [-0.05, 0) is 37.6 Å². The Kier molecular flexibility index (Phi) is 7.37. The van der Waals surface area contributed by atoms with Crippen LogP contribution < -0.4 is 5.32 Å². The van der Waals surface area contributed by atoms with E-state index >= 15 is 0 Å². The number of nitrogens with one attached hydrogen (secondary N) is 1. The van der Waals surface area contributed by atoms with Gasteiger partial charge in [0.05, 0.1) is 36.0 Å². The number of morpholine rings is 1. The van der Waals surface area contributed by atoms with Crippen molar-refractivity contribution in [2.45, 2.75) is 30.6 Å². The molecular formula is C21H28FN5O4S2. The lowest BCUT2D eigenvalue weighted by atomic mass is 10.0. The average Bonchev–Trinajstić information content (AvgIpc) is 3.31. The molecule has 1 amide bonds. The van der Waals surface area contributed by atoms with Gasteiger partial charge in [0.15, 0.2) is 20.8 Å². The van der Waals surface area contributed by atoms with E-state index in [4.69, 9.17) is 4.74 Å². The normalized spacial score (nSPS) is 23.0. The van der Waals surface area contributed by atoms with Gasteiger partial charge in [0.25, 0.3) is 0 Å². The number of aromatic nitrogens is 3. The zero-order valence-electron chi connectivity index (χ0n) is 18.5. The molecule has 0 aliphatic carbocycles. The number of rotatable bonds is 8. The van der Waals surface area contributed by atoms with Crippen LogP contribution in [0.15, 0.2) is 29.4 Å². The van der Waals surface area contributed by atoms with Gasteiger partial charge in [-0.1, -0.05) is 11.8 Å². The van der Waals surface area contributed by atoms with E-state index in [0.29, 0.717) is 37.2 Å². The first-order chi connectivity index (χ1) is 15.7. The van der Waals surface area contributed by atoms with E-state index < -0.39 is 15.4 Å². The molecule has 1 aromatic carbocycles. The third-order valence-corrected chi connectivity index (χ3v) is 8.71. The number of sulfone groups is 1. The molecule has 0 saturated carbocycles. The van der Waals surface area contributed by atoms with E-state index in [0.717, 1.165) is 25.2 Å². The third-order valence-electron chi connectivity index (χ3n) is 5.84. The van der Waals surface area contributed by atoms with Crippen LogP contribution in [0.5, 0.6) is 0 Å². The number of amides is 1. The maximum absolute atomic E-state index is 13.4. The zero-order valence-corrected chi connectivity index (χ0v) is 20.1. The molecule has 2 fully saturated rings. The van der Waals surface area contributed by atoms with Crippen LogP contribution in [0.4, 0.5) is 4.39 Å². The third kappa shape index (κ3) is 6.31. The molecule has 1 aromatic heterocycles. The summed E-state index contributed by atoms with van der Waals surface area (Å²) in [6, 6.07) is 6.08. The second-order valence-electron chi connectivity index (χ2n) is 8.66. The fourth-order valence-electron chi connectivity index (χ4n) is 4.09. The van der Waals surface area contributed by atoms with E-state index in [1.165, 1.54) is 23.9 Å². The first kappa shape index (κ1) is 24.1. The van der Waals surface area contributed by atoms with E-state index in [-0.39, 0.29) is 29.0 Å². The van der Waals surface area contributed by atoms with Crippen LogP contribution in [0.2, 0.25) is 0 Å². The summed E-state index contributed by atoms with van der Waals surface area (Å²) in [4.78, 5) is 14.9. The highest BCUT2D eigenvalue weighted by Gasteiger charge is 2.39. The van der Waals surface area contributed by atoms with E-state index in [9.17, 15) is 17.6 Å². The molecule has 2 aliphatic heterocycles. The van der Waals surface area contributed by atoms with Crippen LogP contribution in [0, 0.1) is 5.82 Å². The van der Waals surface area contributed by atoms with Gasteiger partial charge in [-0.25, -0.2) is 12.8 Å². The van der Waals surface area contributed by atoms with Gasteiger partial charge in [-0.3, -0.25) is 9.69 Å². The van der Waals surface area contributed by atoms with Crippen molar-refractivity contribution in [3.8, 4) is 11.4 Å². The Morgan fingerprint density at radius 2 is 1.94 bits per heavy atom. The van der Waals surface area contributed by atoms with E-state index in [1.54, 1.807) is 19.1 Å². The quantitative estimate of drug-likeness (QED) is 0.543. The summed E-state index contributed by atoms with van der Waals surface area (Å²) in [6.07, 6.45) is 0.413. The van der Waals surface area contributed by atoms with Crippen LogP contribution >= 0.6 is 11.8 Å². The molecule has 2 aliphatic rings. The number of carbonyl (C=O) groups excluding carboxylic acids is 1. The minimum absolute atomic E-state index is 0.0408. The van der Waals surface area contributed by atoms with Crippen molar-refractivity contribution in [3.63, 3.8) is 0 Å². The molecule has 4 rings (SSSR count). The van der Waals surface area contributed by atoms with Gasteiger partial charge < -0.3 is 14.6 Å². The SMILES string of the molecule is C[C@]1(NC(=O)CSc2nnc(-c3ccc(F)cc3)n2CCN2CCOCC2)CCS(=O)(=O)C1. The monoisotopic (exact) mass is 497 g/mol. The van der Waals surface area contributed by atoms with Crippen molar-refractivity contribution in [2.75, 3.05) is 50.1 Å². The highest BCUT2D eigenvalue weighted by atomic mass is 32.2. The van der Waals surface area contributed by atoms with Crippen molar-refractivity contribution in [1.82, 2.24) is 25.0 Å². The molecule has 1 N–H and O–H groups in total. The minimum Gasteiger partial charge on any atom is -0.379 e. The Labute approximate surface area is 197 Å². The number of hydrogen-bond acceptors (Lipinski definition) is 8. The largest absolute Gasteiger partial charge is 0.379 e. The van der Waals surface area contributed by atoms with Crippen molar-refractivity contribution in [3.05, 3.63) is 30.1 Å². The molecule has 12 heteroatoms. The molecule has 2 aromatic rings. The van der Waals surface area contributed by atoms with Crippen molar-refractivity contribution < 1.29 is 22.3 Å². The van der Waals surface area contributed by atoms with Crippen molar-refractivity contribution >= 4 is 27.5 Å². The van der Waals surface area contributed by atoms with Crippen LogP contribution in [0.3, 0.4) is 0 Å². The van der Waals surface area contributed by atoms with Gasteiger partial charge in [0.2, 0.25) is 5.91 Å². The van der Waals surface area contributed by atoms with Crippen molar-refractivity contribution in [1.29, 1.82) is 0 Å². The summed E-state index contributed by atoms with van der Waals surface area (Å²) in [5, 5.41) is 12.0. The summed E-state index contributed by atoms with van der Waals surface area (Å²) < 4.78 is 44.4. The van der Waals surface area contributed by atoms with E-state index in [2.05, 4.69) is 20.4 Å². The summed E-state index contributed by atoms with van der Waals surface area (Å²) in [5.41, 5.74) is 0.00518. The molecule has 2 saturated heterocycles. The van der Waals surface area contributed by atoms with Gasteiger partial charge in [-0.15, -0.1) is 10.2 Å². The number of carbonyl (C=O) groups is 1. The minimum atomic E-state index is -3.11. The molecule has 1 atom stereocenters. The zero-order chi connectivity index (χ0) is 23.5. The van der Waals surface area contributed by atoms with Gasteiger partial charge >= 0.3 is 0 Å². The Morgan fingerprint density at radius 1 is 1.21 bits per heavy atom. The highest BCUT2D eigenvalue weighted by Crippen LogP contribution is 2.26. The topological polar surface area (TPSA) is 106 Å². The second-order valence-corrected chi connectivity index (χ2v) is 11.8. The van der Waals surface area contributed by atoms with E-state index in [1.807, 2.05) is 4.57 Å². The fraction of sp³-hybridized carbons (Fsp3) is 0.571. The molecule has 0 spiro atoms.